The van der Waals surface area contributed by atoms with Crippen LogP contribution in [0.25, 0.3) is 5.03 Å². The molecule has 1 aromatic heterocycles. The summed E-state index contributed by atoms with van der Waals surface area (Å²) in [4.78, 5) is 3.49. The molecule has 0 aromatic carbocycles. The number of pyridine rings is 1. The molecular weight excluding hydrogens is 203 g/mol. The molecule has 5 heteroatoms. The molecule has 1 aromatic rings. The second-order valence-corrected chi connectivity index (χ2v) is 2.79. The van der Waals surface area contributed by atoms with E-state index in [4.69, 9.17) is 11.6 Å². The van der Waals surface area contributed by atoms with Crippen LogP contribution < -0.4 is 0 Å². The Morgan fingerprint density at radius 3 is 2.31 bits per heavy atom. The smallest absolute Gasteiger partial charge is 0.255 e. The summed E-state index contributed by atoms with van der Waals surface area (Å²) in [6.07, 6.45) is -3.64. The van der Waals surface area contributed by atoms with Gasteiger partial charge in [-0.15, -0.1) is 0 Å². The predicted octanol–water partition coefficient (Wildman–Crippen LogP) is 3.31. The van der Waals surface area contributed by atoms with E-state index < -0.39 is 11.7 Å². The predicted molar refractivity (Wildman–Crippen MR) is 44.1 cm³/mol. The molecule has 0 saturated heterocycles. The van der Waals surface area contributed by atoms with Gasteiger partial charge in [0, 0.05) is 6.20 Å². The standard InChI is InChI=1S/C8H5ClF3N/c1-5(9)7-3-2-6(4-13-7)8(10,11)12/h2-4H,1H2. The van der Waals surface area contributed by atoms with Crippen LogP contribution in [0.3, 0.4) is 0 Å². The van der Waals surface area contributed by atoms with Gasteiger partial charge in [-0.05, 0) is 12.1 Å². The SMILES string of the molecule is C=C(Cl)c1ccc(C(F)(F)F)cn1. The van der Waals surface area contributed by atoms with Gasteiger partial charge in [-0.3, -0.25) is 4.98 Å². The number of rotatable bonds is 1. The first kappa shape index (κ1) is 10.1. The van der Waals surface area contributed by atoms with Gasteiger partial charge in [0.25, 0.3) is 0 Å². The zero-order chi connectivity index (χ0) is 10.1. The first-order valence-electron chi connectivity index (χ1n) is 3.29. The summed E-state index contributed by atoms with van der Waals surface area (Å²) in [5.74, 6) is 0. The fraction of sp³-hybridized carbons (Fsp3) is 0.125. The van der Waals surface area contributed by atoms with E-state index in [1.54, 1.807) is 0 Å². The third kappa shape index (κ3) is 2.45. The number of aromatic nitrogens is 1. The lowest BCUT2D eigenvalue weighted by molar-refractivity contribution is -0.137. The second-order valence-electron chi connectivity index (χ2n) is 2.33. The Labute approximate surface area is 77.9 Å². The highest BCUT2D eigenvalue weighted by Crippen LogP contribution is 2.29. The van der Waals surface area contributed by atoms with Crippen molar-refractivity contribution in [1.82, 2.24) is 4.98 Å². The summed E-state index contributed by atoms with van der Waals surface area (Å²) >= 11 is 5.43. The van der Waals surface area contributed by atoms with Crippen molar-refractivity contribution in [2.24, 2.45) is 0 Å². The van der Waals surface area contributed by atoms with E-state index in [1.807, 2.05) is 0 Å². The average Bonchev–Trinajstić information content (AvgIpc) is 2.03. The van der Waals surface area contributed by atoms with Gasteiger partial charge in [0.2, 0.25) is 0 Å². The van der Waals surface area contributed by atoms with Crippen LogP contribution in [0.2, 0.25) is 0 Å². The van der Waals surface area contributed by atoms with Crippen molar-refractivity contribution in [2.75, 3.05) is 0 Å². The normalized spacial score (nSPS) is 11.4. The Morgan fingerprint density at radius 1 is 1.38 bits per heavy atom. The molecule has 0 bridgehead atoms. The molecule has 70 valence electrons. The quantitative estimate of drug-likeness (QED) is 0.689. The van der Waals surface area contributed by atoms with Crippen molar-refractivity contribution >= 4 is 16.6 Å². The molecule has 0 atom stereocenters. The highest BCUT2D eigenvalue weighted by atomic mass is 35.5. The van der Waals surface area contributed by atoms with Gasteiger partial charge in [0.15, 0.2) is 0 Å². The lowest BCUT2D eigenvalue weighted by Crippen LogP contribution is -2.05. The van der Waals surface area contributed by atoms with E-state index in [2.05, 4.69) is 11.6 Å². The third-order valence-electron chi connectivity index (χ3n) is 1.37. The van der Waals surface area contributed by atoms with Crippen molar-refractivity contribution in [1.29, 1.82) is 0 Å². The Bertz CT molecular complexity index is 315. The first-order valence-corrected chi connectivity index (χ1v) is 3.67. The van der Waals surface area contributed by atoms with Crippen LogP contribution >= 0.6 is 11.6 Å². The number of halogens is 4. The van der Waals surface area contributed by atoms with Crippen LogP contribution in [0.5, 0.6) is 0 Å². The summed E-state index contributed by atoms with van der Waals surface area (Å²) < 4.78 is 36.1. The lowest BCUT2D eigenvalue weighted by atomic mass is 10.2. The van der Waals surface area contributed by atoms with Crippen LogP contribution in [0.4, 0.5) is 13.2 Å². The summed E-state index contributed by atoms with van der Waals surface area (Å²) in [6.45, 7) is 3.34. The number of hydrogen-bond acceptors (Lipinski definition) is 1. The molecule has 0 fully saturated rings. The topological polar surface area (TPSA) is 12.9 Å². The molecule has 0 saturated carbocycles. The van der Waals surface area contributed by atoms with Gasteiger partial charge in [0.05, 0.1) is 16.3 Å². The molecule has 0 aliphatic rings. The average molecular weight is 208 g/mol. The largest absolute Gasteiger partial charge is 0.417 e. The second kappa shape index (κ2) is 3.38. The zero-order valence-electron chi connectivity index (χ0n) is 6.40. The van der Waals surface area contributed by atoms with E-state index in [-0.39, 0.29) is 10.7 Å². The molecule has 1 rings (SSSR count). The Morgan fingerprint density at radius 2 is 2.00 bits per heavy atom. The van der Waals surface area contributed by atoms with Gasteiger partial charge in [-0.2, -0.15) is 13.2 Å². The monoisotopic (exact) mass is 207 g/mol. The van der Waals surface area contributed by atoms with E-state index in [1.165, 1.54) is 6.07 Å². The molecule has 0 spiro atoms. The summed E-state index contributed by atoms with van der Waals surface area (Å²) in [5.41, 5.74) is -0.552. The van der Waals surface area contributed by atoms with Gasteiger partial charge in [-0.25, -0.2) is 0 Å². The highest BCUT2D eigenvalue weighted by molar-refractivity contribution is 6.47. The van der Waals surface area contributed by atoms with Crippen molar-refractivity contribution in [3.63, 3.8) is 0 Å². The van der Waals surface area contributed by atoms with E-state index in [9.17, 15) is 13.2 Å². The fourth-order valence-electron chi connectivity index (χ4n) is 0.722. The Balaban J connectivity index is 3.01. The summed E-state index contributed by atoms with van der Waals surface area (Å²) in [5, 5.41) is 0.119. The van der Waals surface area contributed by atoms with Crippen molar-refractivity contribution in [2.45, 2.75) is 6.18 Å². The van der Waals surface area contributed by atoms with Crippen molar-refractivity contribution in [3.8, 4) is 0 Å². The third-order valence-corrected chi connectivity index (χ3v) is 1.56. The number of nitrogens with zero attached hydrogens (tertiary/aromatic N) is 1. The molecule has 13 heavy (non-hydrogen) atoms. The summed E-state index contributed by atoms with van der Waals surface area (Å²) in [7, 11) is 0. The fourth-order valence-corrected chi connectivity index (χ4v) is 0.834. The molecule has 1 heterocycles. The lowest BCUT2D eigenvalue weighted by Gasteiger charge is -2.05. The molecule has 1 nitrogen and oxygen atoms in total. The Kier molecular flexibility index (Phi) is 2.61. The van der Waals surface area contributed by atoms with E-state index in [0.717, 1.165) is 12.3 Å². The van der Waals surface area contributed by atoms with Crippen LogP contribution in [-0.4, -0.2) is 4.98 Å². The van der Waals surface area contributed by atoms with Crippen LogP contribution in [0.1, 0.15) is 11.3 Å². The van der Waals surface area contributed by atoms with Gasteiger partial charge >= 0.3 is 6.18 Å². The van der Waals surface area contributed by atoms with Crippen LogP contribution in [0, 0.1) is 0 Å². The summed E-state index contributed by atoms with van der Waals surface area (Å²) in [6, 6.07) is 2.09. The molecular formula is C8H5ClF3N. The van der Waals surface area contributed by atoms with Gasteiger partial charge in [0.1, 0.15) is 0 Å². The molecule has 0 aliphatic carbocycles. The van der Waals surface area contributed by atoms with Gasteiger partial charge in [-0.1, -0.05) is 18.2 Å². The first-order chi connectivity index (χ1) is 5.91. The van der Waals surface area contributed by atoms with E-state index in [0.29, 0.717) is 0 Å². The van der Waals surface area contributed by atoms with Crippen LogP contribution in [-0.2, 0) is 6.18 Å². The Hall–Kier alpha value is -1.03. The number of alkyl halides is 3. The maximum Gasteiger partial charge on any atom is 0.417 e. The molecule has 0 amide bonds. The van der Waals surface area contributed by atoms with Crippen molar-refractivity contribution in [3.05, 3.63) is 36.2 Å². The van der Waals surface area contributed by atoms with Gasteiger partial charge < -0.3 is 0 Å². The minimum absolute atomic E-state index is 0.119. The maximum atomic E-state index is 12.0. The molecule has 0 aliphatic heterocycles. The van der Waals surface area contributed by atoms with Crippen LogP contribution in [0.15, 0.2) is 24.9 Å². The maximum absolute atomic E-state index is 12.0. The number of hydrogen-bond donors (Lipinski definition) is 0. The minimum Gasteiger partial charge on any atom is -0.255 e. The van der Waals surface area contributed by atoms with Crippen molar-refractivity contribution < 1.29 is 13.2 Å². The molecule has 0 unspecified atom stereocenters. The molecule has 0 radical (unpaired) electrons. The highest BCUT2D eigenvalue weighted by Gasteiger charge is 2.30. The minimum atomic E-state index is -4.36. The van der Waals surface area contributed by atoms with E-state index >= 15 is 0 Å². The molecule has 0 N–H and O–H groups in total. The zero-order valence-corrected chi connectivity index (χ0v) is 7.15.